The van der Waals surface area contributed by atoms with Crippen LogP contribution in [0.25, 0.3) is 0 Å². The predicted octanol–water partition coefficient (Wildman–Crippen LogP) is 4.20. The Balaban J connectivity index is 1.99. The lowest BCUT2D eigenvalue weighted by atomic mass is 10.1. The Kier molecular flexibility index (Phi) is 4.24. The fourth-order valence-electron chi connectivity index (χ4n) is 1.72. The van der Waals surface area contributed by atoms with E-state index in [1.807, 2.05) is 37.3 Å². The summed E-state index contributed by atoms with van der Waals surface area (Å²) in [5, 5.41) is 0.648. The first kappa shape index (κ1) is 12.9. The first-order chi connectivity index (χ1) is 8.66. The van der Waals surface area contributed by atoms with Crippen LogP contribution in [0, 0.1) is 0 Å². The van der Waals surface area contributed by atoms with Crippen molar-refractivity contribution in [3.05, 3.63) is 64.7 Å². The highest BCUT2D eigenvalue weighted by Crippen LogP contribution is 2.23. The minimum atomic E-state index is 0.0415. The summed E-state index contributed by atoms with van der Waals surface area (Å²) < 4.78 is 5.81. The molecule has 1 unspecified atom stereocenters. The molecule has 0 aromatic heterocycles. The highest BCUT2D eigenvalue weighted by atomic mass is 35.5. The van der Waals surface area contributed by atoms with Gasteiger partial charge in [-0.25, -0.2) is 0 Å². The Labute approximate surface area is 112 Å². The van der Waals surface area contributed by atoms with Gasteiger partial charge in [0, 0.05) is 10.7 Å². The molecule has 0 saturated heterocycles. The van der Waals surface area contributed by atoms with E-state index in [2.05, 4.69) is 12.1 Å². The number of benzene rings is 2. The average molecular weight is 262 g/mol. The number of nitrogens with two attached hydrogens (primary N) is 1. The van der Waals surface area contributed by atoms with E-state index >= 15 is 0 Å². The minimum absolute atomic E-state index is 0.0415. The van der Waals surface area contributed by atoms with Gasteiger partial charge in [0.1, 0.15) is 0 Å². The van der Waals surface area contributed by atoms with E-state index in [0.717, 1.165) is 11.1 Å². The lowest BCUT2D eigenvalue weighted by Gasteiger charge is -2.14. The lowest BCUT2D eigenvalue weighted by molar-refractivity contribution is 0.0526. The maximum Gasteiger partial charge on any atom is 0.0801 e. The summed E-state index contributed by atoms with van der Waals surface area (Å²) in [5.74, 6) is 0. The SMILES string of the molecule is CC(OCc1ccc(N)cc1Cl)c1ccccc1. The van der Waals surface area contributed by atoms with Crippen molar-refractivity contribution >= 4 is 17.3 Å². The first-order valence-corrected chi connectivity index (χ1v) is 6.25. The van der Waals surface area contributed by atoms with E-state index in [-0.39, 0.29) is 6.10 Å². The van der Waals surface area contributed by atoms with Crippen LogP contribution in [0.5, 0.6) is 0 Å². The molecule has 18 heavy (non-hydrogen) atoms. The van der Waals surface area contributed by atoms with Gasteiger partial charge in [-0.2, -0.15) is 0 Å². The quantitative estimate of drug-likeness (QED) is 0.837. The van der Waals surface area contributed by atoms with E-state index in [9.17, 15) is 0 Å². The summed E-state index contributed by atoms with van der Waals surface area (Å²) in [6.45, 7) is 2.51. The van der Waals surface area contributed by atoms with Crippen molar-refractivity contribution in [1.29, 1.82) is 0 Å². The van der Waals surface area contributed by atoms with Gasteiger partial charge in [-0.05, 0) is 30.2 Å². The molecule has 2 aromatic carbocycles. The molecule has 0 amide bonds. The van der Waals surface area contributed by atoms with Crippen molar-refractivity contribution in [2.45, 2.75) is 19.6 Å². The van der Waals surface area contributed by atoms with Crippen LogP contribution in [0.4, 0.5) is 5.69 Å². The summed E-state index contributed by atoms with van der Waals surface area (Å²) in [7, 11) is 0. The van der Waals surface area contributed by atoms with Crippen LogP contribution in [-0.2, 0) is 11.3 Å². The van der Waals surface area contributed by atoms with Crippen LogP contribution in [0.1, 0.15) is 24.2 Å². The van der Waals surface area contributed by atoms with Crippen LogP contribution in [0.3, 0.4) is 0 Å². The molecule has 2 rings (SSSR count). The van der Waals surface area contributed by atoms with Gasteiger partial charge < -0.3 is 10.5 Å². The molecular formula is C15H16ClNO. The molecule has 1 atom stereocenters. The average Bonchev–Trinajstić information content (AvgIpc) is 2.38. The van der Waals surface area contributed by atoms with Crippen molar-refractivity contribution in [3.8, 4) is 0 Å². The number of rotatable bonds is 4. The second-order valence-electron chi connectivity index (χ2n) is 4.21. The second kappa shape index (κ2) is 5.89. The van der Waals surface area contributed by atoms with Crippen molar-refractivity contribution in [2.75, 3.05) is 5.73 Å². The second-order valence-corrected chi connectivity index (χ2v) is 4.62. The summed E-state index contributed by atoms with van der Waals surface area (Å²) in [5.41, 5.74) is 8.42. The van der Waals surface area contributed by atoms with Gasteiger partial charge in [0.25, 0.3) is 0 Å². The van der Waals surface area contributed by atoms with Gasteiger partial charge in [-0.3, -0.25) is 0 Å². The van der Waals surface area contributed by atoms with Crippen LogP contribution in [0.15, 0.2) is 48.5 Å². The third kappa shape index (κ3) is 3.25. The number of hydrogen-bond acceptors (Lipinski definition) is 2. The van der Waals surface area contributed by atoms with E-state index in [4.69, 9.17) is 22.1 Å². The predicted molar refractivity (Wildman–Crippen MR) is 75.5 cm³/mol. The maximum atomic E-state index is 6.10. The molecule has 2 nitrogen and oxygen atoms in total. The smallest absolute Gasteiger partial charge is 0.0801 e. The standard InChI is InChI=1S/C15H16ClNO/c1-11(12-5-3-2-4-6-12)18-10-13-7-8-14(17)9-15(13)16/h2-9,11H,10,17H2,1H3. The van der Waals surface area contributed by atoms with E-state index in [0.29, 0.717) is 17.3 Å². The zero-order chi connectivity index (χ0) is 13.0. The first-order valence-electron chi connectivity index (χ1n) is 5.87. The van der Waals surface area contributed by atoms with E-state index < -0.39 is 0 Å². The molecular weight excluding hydrogens is 246 g/mol. The third-order valence-electron chi connectivity index (χ3n) is 2.83. The zero-order valence-electron chi connectivity index (χ0n) is 10.3. The monoisotopic (exact) mass is 261 g/mol. The summed E-state index contributed by atoms with van der Waals surface area (Å²) in [4.78, 5) is 0. The molecule has 3 heteroatoms. The summed E-state index contributed by atoms with van der Waals surface area (Å²) >= 11 is 6.10. The molecule has 0 saturated carbocycles. The number of ether oxygens (including phenoxy) is 1. The van der Waals surface area contributed by atoms with Crippen LogP contribution < -0.4 is 5.73 Å². The van der Waals surface area contributed by atoms with Gasteiger partial charge in [0.15, 0.2) is 0 Å². The maximum absolute atomic E-state index is 6.10. The number of halogens is 1. The van der Waals surface area contributed by atoms with Gasteiger partial charge in [-0.15, -0.1) is 0 Å². The Morgan fingerprint density at radius 2 is 1.89 bits per heavy atom. The molecule has 94 valence electrons. The van der Waals surface area contributed by atoms with Crippen LogP contribution in [-0.4, -0.2) is 0 Å². The van der Waals surface area contributed by atoms with Crippen LogP contribution in [0.2, 0.25) is 5.02 Å². The Bertz CT molecular complexity index is 513. The Morgan fingerprint density at radius 3 is 2.56 bits per heavy atom. The number of anilines is 1. The molecule has 0 heterocycles. The fourth-order valence-corrected chi connectivity index (χ4v) is 1.96. The Morgan fingerprint density at radius 1 is 1.17 bits per heavy atom. The molecule has 0 aliphatic heterocycles. The Hall–Kier alpha value is -1.51. The molecule has 0 fully saturated rings. The molecule has 0 spiro atoms. The third-order valence-corrected chi connectivity index (χ3v) is 3.19. The fraction of sp³-hybridized carbons (Fsp3) is 0.200. The number of hydrogen-bond donors (Lipinski definition) is 1. The normalized spacial score (nSPS) is 12.3. The van der Waals surface area contributed by atoms with Gasteiger partial charge in [-0.1, -0.05) is 48.0 Å². The van der Waals surface area contributed by atoms with Crippen molar-refractivity contribution in [2.24, 2.45) is 0 Å². The van der Waals surface area contributed by atoms with Crippen LogP contribution >= 0.6 is 11.6 Å². The van der Waals surface area contributed by atoms with E-state index in [1.54, 1.807) is 6.07 Å². The molecule has 0 aliphatic carbocycles. The summed E-state index contributed by atoms with van der Waals surface area (Å²) in [6.07, 6.45) is 0.0415. The van der Waals surface area contributed by atoms with Gasteiger partial charge in [0.05, 0.1) is 12.7 Å². The van der Waals surface area contributed by atoms with Gasteiger partial charge >= 0.3 is 0 Å². The lowest BCUT2D eigenvalue weighted by Crippen LogP contribution is -2.01. The molecule has 2 N–H and O–H groups in total. The highest BCUT2D eigenvalue weighted by Gasteiger charge is 2.07. The summed E-state index contributed by atoms with van der Waals surface area (Å²) in [6, 6.07) is 15.6. The molecule has 0 radical (unpaired) electrons. The van der Waals surface area contributed by atoms with Crippen molar-refractivity contribution < 1.29 is 4.74 Å². The highest BCUT2D eigenvalue weighted by molar-refractivity contribution is 6.31. The minimum Gasteiger partial charge on any atom is -0.399 e. The molecule has 2 aromatic rings. The van der Waals surface area contributed by atoms with Crippen molar-refractivity contribution in [3.63, 3.8) is 0 Å². The molecule has 0 bridgehead atoms. The topological polar surface area (TPSA) is 35.2 Å². The van der Waals surface area contributed by atoms with Gasteiger partial charge in [0.2, 0.25) is 0 Å². The molecule has 0 aliphatic rings. The number of nitrogen functional groups attached to an aromatic ring is 1. The van der Waals surface area contributed by atoms with Crippen molar-refractivity contribution in [1.82, 2.24) is 0 Å². The van der Waals surface area contributed by atoms with E-state index in [1.165, 1.54) is 0 Å². The zero-order valence-corrected chi connectivity index (χ0v) is 11.0. The largest absolute Gasteiger partial charge is 0.399 e.